The van der Waals surface area contributed by atoms with Crippen LogP contribution in [-0.2, 0) is 0 Å². The fourth-order valence-electron chi connectivity index (χ4n) is 2.32. The van der Waals surface area contributed by atoms with E-state index >= 15 is 0 Å². The first-order chi connectivity index (χ1) is 10.7. The van der Waals surface area contributed by atoms with Gasteiger partial charge in [-0.3, -0.25) is 0 Å². The molecule has 0 bridgehead atoms. The summed E-state index contributed by atoms with van der Waals surface area (Å²) in [4.78, 5) is 8.66. The monoisotopic (exact) mass is 295 g/mol. The molecule has 0 saturated heterocycles. The van der Waals surface area contributed by atoms with Gasteiger partial charge in [0.25, 0.3) is 0 Å². The van der Waals surface area contributed by atoms with Crippen LogP contribution in [0.1, 0.15) is 5.56 Å². The van der Waals surface area contributed by atoms with Crippen molar-refractivity contribution in [3.05, 3.63) is 48.3 Å². The Balaban J connectivity index is 2.12. The van der Waals surface area contributed by atoms with E-state index in [-0.39, 0.29) is 0 Å². The van der Waals surface area contributed by atoms with Crippen LogP contribution in [-0.4, -0.2) is 24.2 Å². The third-order valence-corrected chi connectivity index (χ3v) is 3.54. The van der Waals surface area contributed by atoms with Crippen LogP contribution in [0.15, 0.2) is 42.7 Å². The number of para-hydroxylation sites is 1. The maximum Gasteiger partial charge on any atom is 0.162 e. The Labute approximate surface area is 128 Å². The molecule has 5 nitrogen and oxygen atoms in total. The van der Waals surface area contributed by atoms with Crippen molar-refractivity contribution in [1.82, 2.24) is 9.97 Å². The first-order valence-corrected chi connectivity index (χ1v) is 6.92. The quantitative estimate of drug-likeness (QED) is 0.795. The second-order valence-corrected chi connectivity index (χ2v) is 4.89. The van der Waals surface area contributed by atoms with Gasteiger partial charge in [-0.2, -0.15) is 0 Å². The Hall–Kier alpha value is -2.82. The van der Waals surface area contributed by atoms with Gasteiger partial charge in [-0.15, -0.1) is 0 Å². The SMILES string of the molecule is COc1cc2ncnc(Nc3ccccc3C)c2cc1OC. The third-order valence-electron chi connectivity index (χ3n) is 3.54. The van der Waals surface area contributed by atoms with Gasteiger partial charge in [0.2, 0.25) is 0 Å². The summed E-state index contributed by atoms with van der Waals surface area (Å²) in [5.74, 6) is 2.04. The summed E-state index contributed by atoms with van der Waals surface area (Å²) in [5.41, 5.74) is 2.95. The van der Waals surface area contributed by atoms with Crippen molar-refractivity contribution in [2.75, 3.05) is 19.5 Å². The number of ether oxygens (including phenoxy) is 2. The van der Waals surface area contributed by atoms with Crippen molar-refractivity contribution in [1.29, 1.82) is 0 Å². The summed E-state index contributed by atoms with van der Waals surface area (Å²) in [6, 6.07) is 11.8. The normalized spacial score (nSPS) is 10.5. The molecule has 0 unspecified atom stereocenters. The predicted molar refractivity (Wildman–Crippen MR) is 87.1 cm³/mol. The van der Waals surface area contributed by atoms with Gasteiger partial charge in [-0.05, 0) is 24.6 Å². The van der Waals surface area contributed by atoms with Crippen LogP contribution in [0.4, 0.5) is 11.5 Å². The number of nitrogens with zero attached hydrogens (tertiary/aromatic N) is 2. The standard InChI is InChI=1S/C17H17N3O2/c1-11-6-4-5-7-13(11)20-17-12-8-15(21-2)16(22-3)9-14(12)18-10-19-17/h4-10H,1-3H3,(H,18,19,20). The summed E-state index contributed by atoms with van der Waals surface area (Å²) in [6.07, 6.45) is 1.54. The molecular weight excluding hydrogens is 278 g/mol. The van der Waals surface area contributed by atoms with E-state index in [4.69, 9.17) is 9.47 Å². The molecular formula is C17H17N3O2. The van der Waals surface area contributed by atoms with Gasteiger partial charge < -0.3 is 14.8 Å². The number of anilines is 2. The number of aryl methyl sites for hydroxylation is 1. The minimum Gasteiger partial charge on any atom is -0.493 e. The summed E-state index contributed by atoms with van der Waals surface area (Å²) in [7, 11) is 3.22. The van der Waals surface area contributed by atoms with Gasteiger partial charge >= 0.3 is 0 Å². The van der Waals surface area contributed by atoms with Crippen LogP contribution < -0.4 is 14.8 Å². The van der Waals surface area contributed by atoms with Crippen molar-refractivity contribution in [2.45, 2.75) is 6.92 Å². The highest BCUT2D eigenvalue weighted by Gasteiger charge is 2.11. The van der Waals surface area contributed by atoms with Gasteiger partial charge in [0.15, 0.2) is 11.5 Å². The average molecular weight is 295 g/mol. The number of fused-ring (bicyclic) bond motifs is 1. The van der Waals surface area contributed by atoms with Crippen LogP contribution >= 0.6 is 0 Å². The molecule has 0 aliphatic heterocycles. The molecule has 0 saturated carbocycles. The summed E-state index contributed by atoms with van der Waals surface area (Å²) in [6.45, 7) is 2.05. The Kier molecular flexibility index (Phi) is 3.78. The zero-order valence-corrected chi connectivity index (χ0v) is 12.8. The highest BCUT2D eigenvalue weighted by Crippen LogP contribution is 2.34. The lowest BCUT2D eigenvalue weighted by Gasteiger charge is -2.13. The van der Waals surface area contributed by atoms with Crippen molar-refractivity contribution in [3.8, 4) is 11.5 Å². The van der Waals surface area contributed by atoms with Gasteiger partial charge in [0, 0.05) is 17.1 Å². The van der Waals surface area contributed by atoms with E-state index in [1.807, 2.05) is 30.3 Å². The molecule has 0 spiro atoms. The topological polar surface area (TPSA) is 56.3 Å². The number of hydrogen-bond acceptors (Lipinski definition) is 5. The Morgan fingerprint density at radius 2 is 1.68 bits per heavy atom. The first-order valence-electron chi connectivity index (χ1n) is 6.92. The smallest absolute Gasteiger partial charge is 0.162 e. The summed E-state index contributed by atoms with van der Waals surface area (Å²) in [5, 5.41) is 4.23. The molecule has 0 radical (unpaired) electrons. The molecule has 1 N–H and O–H groups in total. The van der Waals surface area contributed by atoms with Crippen LogP contribution in [0.25, 0.3) is 10.9 Å². The number of benzene rings is 2. The molecule has 0 fully saturated rings. The Morgan fingerprint density at radius 3 is 2.41 bits per heavy atom. The molecule has 22 heavy (non-hydrogen) atoms. The number of hydrogen-bond donors (Lipinski definition) is 1. The molecule has 2 aromatic carbocycles. The Bertz CT molecular complexity index is 818. The van der Waals surface area contributed by atoms with Crippen LogP contribution in [0.5, 0.6) is 11.5 Å². The fourth-order valence-corrected chi connectivity index (χ4v) is 2.32. The number of nitrogens with one attached hydrogen (secondary N) is 1. The van der Waals surface area contributed by atoms with E-state index in [1.54, 1.807) is 14.2 Å². The maximum absolute atomic E-state index is 5.36. The average Bonchev–Trinajstić information content (AvgIpc) is 2.56. The second-order valence-electron chi connectivity index (χ2n) is 4.89. The molecule has 5 heteroatoms. The largest absolute Gasteiger partial charge is 0.493 e. The van der Waals surface area contributed by atoms with Crippen molar-refractivity contribution >= 4 is 22.4 Å². The number of rotatable bonds is 4. The molecule has 1 heterocycles. The van der Waals surface area contributed by atoms with Gasteiger partial charge in [-0.1, -0.05) is 18.2 Å². The molecule has 0 aliphatic carbocycles. The summed E-state index contributed by atoms with van der Waals surface area (Å²) >= 11 is 0. The minimum absolute atomic E-state index is 0.649. The molecule has 1 aromatic heterocycles. The number of methoxy groups -OCH3 is 2. The molecule has 0 atom stereocenters. The van der Waals surface area contributed by atoms with E-state index in [0.717, 1.165) is 28.0 Å². The van der Waals surface area contributed by atoms with E-state index in [0.29, 0.717) is 11.5 Å². The molecule has 3 rings (SSSR count). The number of aromatic nitrogens is 2. The maximum atomic E-state index is 5.36. The zero-order valence-electron chi connectivity index (χ0n) is 12.8. The Morgan fingerprint density at radius 1 is 0.955 bits per heavy atom. The molecule has 0 aliphatic rings. The lowest BCUT2D eigenvalue weighted by Crippen LogP contribution is -1.99. The van der Waals surface area contributed by atoms with E-state index in [9.17, 15) is 0 Å². The van der Waals surface area contributed by atoms with Gasteiger partial charge in [0.1, 0.15) is 12.1 Å². The van der Waals surface area contributed by atoms with Crippen molar-refractivity contribution < 1.29 is 9.47 Å². The lowest BCUT2D eigenvalue weighted by molar-refractivity contribution is 0.356. The third kappa shape index (κ3) is 2.53. The zero-order chi connectivity index (χ0) is 15.5. The predicted octanol–water partition coefficient (Wildman–Crippen LogP) is 3.70. The van der Waals surface area contributed by atoms with E-state index in [1.165, 1.54) is 6.33 Å². The molecule has 112 valence electrons. The lowest BCUT2D eigenvalue weighted by atomic mass is 10.1. The van der Waals surface area contributed by atoms with Crippen molar-refractivity contribution in [2.24, 2.45) is 0 Å². The minimum atomic E-state index is 0.649. The van der Waals surface area contributed by atoms with Gasteiger partial charge in [0.05, 0.1) is 19.7 Å². The second kappa shape index (κ2) is 5.89. The van der Waals surface area contributed by atoms with E-state index in [2.05, 4.69) is 28.3 Å². The van der Waals surface area contributed by atoms with Crippen LogP contribution in [0, 0.1) is 6.92 Å². The van der Waals surface area contributed by atoms with Crippen LogP contribution in [0.3, 0.4) is 0 Å². The van der Waals surface area contributed by atoms with Gasteiger partial charge in [-0.25, -0.2) is 9.97 Å². The highest BCUT2D eigenvalue weighted by molar-refractivity contribution is 5.93. The first kappa shape index (κ1) is 14.1. The molecule has 3 aromatic rings. The summed E-state index contributed by atoms with van der Waals surface area (Å²) < 4.78 is 10.7. The highest BCUT2D eigenvalue weighted by atomic mass is 16.5. The fraction of sp³-hybridized carbons (Fsp3) is 0.176. The van der Waals surface area contributed by atoms with E-state index < -0.39 is 0 Å². The van der Waals surface area contributed by atoms with Crippen LogP contribution in [0.2, 0.25) is 0 Å². The molecule has 0 amide bonds. The van der Waals surface area contributed by atoms with Crippen molar-refractivity contribution in [3.63, 3.8) is 0 Å².